The van der Waals surface area contributed by atoms with Gasteiger partial charge in [-0.1, -0.05) is 79.9 Å². The molecule has 26 heavy (non-hydrogen) atoms. The Morgan fingerprint density at radius 2 is 1.31 bits per heavy atom. The molecule has 1 nitrogen and oxygen atoms in total. The van der Waals surface area contributed by atoms with Crippen LogP contribution in [0.15, 0.2) is 60.7 Å². The van der Waals surface area contributed by atoms with Crippen LogP contribution in [0.5, 0.6) is 0 Å². The summed E-state index contributed by atoms with van der Waals surface area (Å²) in [6.45, 7) is 2.22. The molecule has 2 aromatic carbocycles. The van der Waals surface area contributed by atoms with Crippen molar-refractivity contribution in [3.8, 4) is 0 Å². The maximum Gasteiger partial charge on any atom is 0.0351 e. The first kappa shape index (κ1) is 18.1. The summed E-state index contributed by atoms with van der Waals surface area (Å²) in [4.78, 5) is 2.72. The summed E-state index contributed by atoms with van der Waals surface area (Å²) in [7, 11) is 0. The first-order chi connectivity index (χ1) is 12.9. The van der Waals surface area contributed by atoms with Crippen LogP contribution in [0.4, 0.5) is 0 Å². The molecule has 2 aromatic rings. The maximum atomic E-state index is 6.18. The van der Waals surface area contributed by atoms with Gasteiger partial charge in [-0.2, -0.15) is 0 Å². The number of hydrogen-bond acceptors (Lipinski definition) is 1. The van der Waals surface area contributed by atoms with Gasteiger partial charge in [0, 0.05) is 25.0 Å². The quantitative estimate of drug-likeness (QED) is 0.538. The molecule has 0 saturated heterocycles. The fourth-order valence-electron chi connectivity index (χ4n) is 5.11. The average Bonchev–Trinajstić information content (AvgIpc) is 3.43. The summed E-state index contributed by atoms with van der Waals surface area (Å²) in [6, 6.07) is 23.0. The highest BCUT2D eigenvalue weighted by Gasteiger charge is 2.52. The Morgan fingerprint density at radius 1 is 0.769 bits per heavy atom. The molecule has 2 saturated carbocycles. The highest BCUT2D eigenvalue weighted by Crippen LogP contribution is 2.60. The van der Waals surface area contributed by atoms with Crippen molar-refractivity contribution in [3.05, 3.63) is 71.8 Å². The van der Waals surface area contributed by atoms with Gasteiger partial charge in [-0.25, -0.2) is 0 Å². The Hall–Kier alpha value is -1.31. The van der Waals surface area contributed by atoms with E-state index in [4.69, 9.17) is 11.6 Å². The van der Waals surface area contributed by atoms with E-state index in [1.165, 1.54) is 49.8 Å². The molecular weight excluding hydrogens is 338 g/mol. The Kier molecular flexibility index (Phi) is 5.97. The van der Waals surface area contributed by atoms with Gasteiger partial charge in [0.1, 0.15) is 0 Å². The van der Waals surface area contributed by atoms with E-state index in [1.807, 2.05) is 0 Å². The smallest absolute Gasteiger partial charge is 0.0351 e. The van der Waals surface area contributed by atoms with Gasteiger partial charge in [0.05, 0.1) is 0 Å². The van der Waals surface area contributed by atoms with Crippen molar-refractivity contribution in [2.45, 2.75) is 50.0 Å². The zero-order chi connectivity index (χ0) is 17.8. The Labute approximate surface area is 163 Å². The largest absolute Gasteiger partial charge is 0.299 e. The number of alkyl halides is 1. The number of rotatable bonds is 7. The standard InChI is InChI=1S/C24H30ClN/c25-16-17-26(21-14-8-3-9-15-21)18-22-23(19-10-4-1-5-11-19)24(22)20-12-6-2-7-13-20/h1-2,4-7,10-13,21-24H,3,8-9,14-18H2. The van der Waals surface area contributed by atoms with Crippen molar-refractivity contribution >= 4 is 11.6 Å². The lowest BCUT2D eigenvalue weighted by Crippen LogP contribution is -2.39. The van der Waals surface area contributed by atoms with Gasteiger partial charge in [0.2, 0.25) is 0 Å². The third kappa shape index (κ3) is 4.00. The molecular formula is C24H30ClN. The van der Waals surface area contributed by atoms with E-state index in [1.54, 1.807) is 0 Å². The first-order valence-electron chi connectivity index (χ1n) is 10.3. The molecule has 138 valence electrons. The third-order valence-corrected chi connectivity index (χ3v) is 6.61. The second-order valence-electron chi connectivity index (χ2n) is 8.01. The molecule has 2 unspecified atom stereocenters. The molecule has 2 heteroatoms. The van der Waals surface area contributed by atoms with Crippen LogP contribution in [0, 0.1) is 5.92 Å². The number of nitrogens with zero attached hydrogens (tertiary/aromatic N) is 1. The molecule has 0 aromatic heterocycles. The molecule has 2 fully saturated rings. The monoisotopic (exact) mass is 367 g/mol. The average molecular weight is 368 g/mol. The van der Waals surface area contributed by atoms with Crippen LogP contribution >= 0.6 is 11.6 Å². The lowest BCUT2D eigenvalue weighted by molar-refractivity contribution is 0.156. The highest BCUT2D eigenvalue weighted by atomic mass is 35.5. The van der Waals surface area contributed by atoms with E-state index < -0.39 is 0 Å². The van der Waals surface area contributed by atoms with Gasteiger partial charge < -0.3 is 0 Å². The van der Waals surface area contributed by atoms with Crippen LogP contribution < -0.4 is 0 Å². The van der Waals surface area contributed by atoms with Gasteiger partial charge in [0.15, 0.2) is 0 Å². The van der Waals surface area contributed by atoms with Gasteiger partial charge in [0.25, 0.3) is 0 Å². The lowest BCUT2D eigenvalue weighted by atomic mass is 9.94. The van der Waals surface area contributed by atoms with Crippen molar-refractivity contribution in [3.63, 3.8) is 0 Å². The van der Waals surface area contributed by atoms with Crippen LogP contribution in [0.2, 0.25) is 0 Å². The maximum absolute atomic E-state index is 6.18. The van der Waals surface area contributed by atoms with Gasteiger partial charge in [-0.3, -0.25) is 4.90 Å². The molecule has 0 heterocycles. The van der Waals surface area contributed by atoms with E-state index in [9.17, 15) is 0 Å². The predicted molar refractivity (Wildman–Crippen MR) is 111 cm³/mol. The zero-order valence-corrected chi connectivity index (χ0v) is 16.3. The predicted octanol–water partition coefficient (Wildman–Crippen LogP) is 6.06. The molecule has 2 aliphatic carbocycles. The number of benzene rings is 2. The van der Waals surface area contributed by atoms with Crippen molar-refractivity contribution in [1.82, 2.24) is 4.90 Å². The minimum absolute atomic E-state index is 0.653. The summed E-state index contributed by atoms with van der Waals surface area (Å²) >= 11 is 6.18. The Morgan fingerprint density at radius 3 is 1.81 bits per heavy atom. The number of halogens is 1. The molecule has 2 aliphatic rings. The van der Waals surface area contributed by atoms with Gasteiger partial charge in [-0.05, 0) is 41.7 Å². The second-order valence-corrected chi connectivity index (χ2v) is 8.39. The van der Waals surface area contributed by atoms with Crippen LogP contribution in [-0.4, -0.2) is 29.9 Å². The Bertz CT molecular complexity index is 620. The van der Waals surface area contributed by atoms with Gasteiger partial charge in [-0.15, -0.1) is 11.6 Å². The molecule has 0 N–H and O–H groups in total. The van der Waals surface area contributed by atoms with E-state index in [2.05, 4.69) is 65.6 Å². The van der Waals surface area contributed by atoms with Gasteiger partial charge >= 0.3 is 0 Å². The lowest BCUT2D eigenvalue weighted by Gasteiger charge is -2.34. The zero-order valence-electron chi connectivity index (χ0n) is 15.6. The Balaban J connectivity index is 1.53. The fourth-order valence-corrected chi connectivity index (χ4v) is 5.33. The highest BCUT2D eigenvalue weighted by molar-refractivity contribution is 6.18. The normalized spacial score (nSPS) is 26.2. The van der Waals surface area contributed by atoms with Crippen LogP contribution in [0.3, 0.4) is 0 Å². The third-order valence-electron chi connectivity index (χ3n) is 6.45. The molecule has 2 atom stereocenters. The minimum atomic E-state index is 0.653. The molecule has 0 bridgehead atoms. The van der Waals surface area contributed by atoms with Crippen LogP contribution in [0.25, 0.3) is 0 Å². The minimum Gasteiger partial charge on any atom is -0.299 e. The summed E-state index contributed by atoms with van der Waals surface area (Å²) < 4.78 is 0. The van der Waals surface area contributed by atoms with Crippen molar-refractivity contribution in [2.24, 2.45) is 5.92 Å². The summed E-state index contributed by atoms with van der Waals surface area (Å²) in [5.41, 5.74) is 3.00. The van der Waals surface area contributed by atoms with Crippen LogP contribution in [0.1, 0.15) is 55.1 Å². The van der Waals surface area contributed by atoms with E-state index in [0.717, 1.165) is 18.5 Å². The molecule has 0 aliphatic heterocycles. The first-order valence-corrected chi connectivity index (χ1v) is 10.8. The summed E-state index contributed by atoms with van der Waals surface area (Å²) in [5.74, 6) is 2.76. The van der Waals surface area contributed by atoms with Crippen molar-refractivity contribution in [2.75, 3.05) is 19.0 Å². The second kappa shape index (κ2) is 8.59. The van der Waals surface area contributed by atoms with Crippen molar-refractivity contribution in [1.29, 1.82) is 0 Å². The SMILES string of the molecule is ClCCN(CC1C(c2ccccc2)C1c1ccccc1)C1CCCCC1. The number of hydrogen-bond donors (Lipinski definition) is 0. The molecule has 0 radical (unpaired) electrons. The van der Waals surface area contributed by atoms with Crippen molar-refractivity contribution < 1.29 is 0 Å². The van der Waals surface area contributed by atoms with E-state index >= 15 is 0 Å². The topological polar surface area (TPSA) is 3.24 Å². The van der Waals surface area contributed by atoms with E-state index in [0.29, 0.717) is 17.8 Å². The summed E-state index contributed by atoms with van der Waals surface area (Å²) in [6.07, 6.45) is 6.90. The fraction of sp³-hybridized carbons (Fsp3) is 0.500. The molecule has 0 amide bonds. The molecule has 4 rings (SSSR count). The summed E-state index contributed by atoms with van der Waals surface area (Å²) in [5, 5.41) is 0. The van der Waals surface area contributed by atoms with E-state index in [-0.39, 0.29) is 0 Å². The van der Waals surface area contributed by atoms with Crippen LogP contribution in [-0.2, 0) is 0 Å². The molecule has 0 spiro atoms.